The van der Waals surface area contributed by atoms with Gasteiger partial charge in [-0.1, -0.05) is 41.1 Å². The average Bonchev–Trinajstić information content (AvgIpc) is 3.02. The summed E-state index contributed by atoms with van der Waals surface area (Å²) in [7, 11) is 0. The van der Waals surface area contributed by atoms with Crippen LogP contribution in [0.4, 0.5) is 0 Å². The fourth-order valence-corrected chi connectivity index (χ4v) is 4.60. The molecule has 2 aromatic rings. The van der Waals surface area contributed by atoms with E-state index in [9.17, 15) is 0 Å². The van der Waals surface area contributed by atoms with Crippen LogP contribution >= 0.6 is 0 Å². The molecule has 5 heteroatoms. The number of nitrogens with zero attached hydrogens (tertiary/aromatic N) is 1. The quantitative estimate of drug-likeness (QED) is 0.272. The van der Waals surface area contributed by atoms with Gasteiger partial charge in [0.15, 0.2) is 5.84 Å². The minimum Gasteiger partial charge on any atom is -0.455 e. The van der Waals surface area contributed by atoms with Gasteiger partial charge in [-0.05, 0) is 43.4 Å². The molecule has 0 spiro atoms. The monoisotopic (exact) mass is 347 g/mol. The zero-order chi connectivity index (χ0) is 17.7. The van der Waals surface area contributed by atoms with E-state index in [4.69, 9.17) is 15.7 Å². The van der Waals surface area contributed by atoms with Gasteiger partial charge in [0.25, 0.3) is 0 Å². The average molecular weight is 347 g/mol. The van der Waals surface area contributed by atoms with Crippen LogP contribution in [-0.4, -0.2) is 23.1 Å². The molecule has 0 aliphatic carbocycles. The number of benzene rings is 2. The van der Waals surface area contributed by atoms with Gasteiger partial charge in [-0.25, -0.2) is 0 Å². The van der Waals surface area contributed by atoms with Crippen molar-refractivity contribution >= 4 is 11.4 Å². The number of amidine groups is 1. The van der Waals surface area contributed by atoms with Gasteiger partial charge in [0.1, 0.15) is 11.5 Å². The molecule has 2 atom stereocenters. The van der Waals surface area contributed by atoms with Gasteiger partial charge in [0.05, 0.1) is 5.56 Å². The predicted molar refractivity (Wildman–Crippen MR) is 101 cm³/mol. The molecular formula is C21H21N3O2. The Balaban J connectivity index is 1.76. The first-order chi connectivity index (χ1) is 12.7. The van der Waals surface area contributed by atoms with Crippen molar-refractivity contribution in [2.75, 3.05) is 0 Å². The van der Waals surface area contributed by atoms with Crippen LogP contribution in [0.1, 0.15) is 42.4 Å². The number of hydrogen-bond donors (Lipinski definition) is 3. The second kappa shape index (κ2) is 5.88. The van der Waals surface area contributed by atoms with Crippen molar-refractivity contribution in [3.8, 4) is 11.5 Å². The zero-order valence-electron chi connectivity index (χ0n) is 14.4. The zero-order valence-corrected chi connectivity index (χ0v) is 14.4. The van der Waals surface area contributed by atoms with Crippen molar-refractivity contribution in [1.29, 1.82) is 0 Å². The Hall–Kier alpha value is -2.79. The summed E-state index contributed by atoms with van der Waals surface area (Å²) in [6, 6.07) is 15.1. The third-order valence-corrected chi connectivity index (χ3v) is 5.71. The van der Waals surface area contributed by atoms with Crippen LogP contribution in [0.3, 0.4) is 0 Å². The molecule has 26 heavy (non-hydrogen) atoms. The van der Waals surface area contributed by atoms with Crippen molar-refractivity contribution < 1.29 is 9.94 Å². The maximum Gasteiger partial charge on any atom is 0.173 e. The molecule has 3 aliphatic rings. The molecule has 0 saturated carbocycles. The lowest BCUT2D eigenvalue weighted by molar-refractivity contribution is 0.318. The first kappa shape index (κ1) is 15.5. The fourth-order valence-electron chi connectivity index (χ4n) is 4.60. The van der Waals surface area contributed by atoms with Crippen LogP contribution in [0.15, 0.2) is 53.2 Å². The van der Waals surface area contributed by atoms with Crippen molar-refractivity contribution in [3.05, 3.63) is 64.7 Å². The standard InChI is InChI=1S/C21H21N3O2/c22-21(24-25)17-6-3-5-16-19(12-10-13-8-9-14(11-12)23-13)15-4-1-2-7-18(15)26-20(16)17/h1-7,13-14,23,25H,8-11H2,(H2,22,24)/b19-12-/t13-,14+/m0/s1. The van der Waals surface area contributed by atoms with E-state index in [1.54, 1.807) is 0 Å². The van der Waals surface area contributed by atoms with Gasteiger partial charge < -0.3 is 21.0 Å². The molecule has 4 N–H and O–H groups in total. The van der Waals surface area contributed by atoms with Crippen molar-refractivity contribution in [2.45, 2.75) is 37.8 Å². The van der Waals surface area contributed by atoms with E-state index in [0.717, 1.165) is 29.7 Å². The highest BCUT2D eigenvalue weighted by Crippen LogP contribution is 2.48. The summed E-state index contributed by atoms with van der Waals surface area (Å²) in [6.45, 7) is 0. The summed E-state index contributed by atoms with van der Waals surface area (Å²) in [4.78, 5) is 0. The fraction of sp³-hybridized carbons (Fsp3) is 0.286. The van der Waals surface area contributed by atoms with Gasteiger partial charge in [-0.15, -0.1) is 0 Å². The number of nitrogens with one attached hydrogen (secondary N) is 1. The number of hydrogen-bond acceptors (Lipinski definition) is 4. The Labute approximate surface area is 152 Å². The van der Waals surface area contributed by atoms with Crippen molar-refractivity contribution in [1.82, 2.24) is 5.32 Å². The SMILES string of the molecule is N/C(=N\O)c1cccc2c1Oc1ccccc1/C2=C1/C[C@H]2CC[C@@H](C1)N2. The predicted octanol–water partition coefficient (Wildman–Crippen LogP) is 3.60. The topological polar surface area (TPSA) is 79.9 Å². The van der Waals surface area contributed by atoms with E-state index < -0.39 is 0 Å². The molecule has 2 fully saturated rings. The Morgan fingerprint density at radius 1 is 1.04 bits per heavy atom. The summed E-state index contributed by atoms with van der Waals surface area (Å²) in [5.41, 5.74) is 11.4. The highest BCUT2D eigenvalue weighted by molar-refractivity contribution is 6.03. The summed E-state index contributed by atoms with van der Waals surface area (Å²) in [5, 5.41) is 16.1. The highest BCUT2D eigenvalue weighted by atomic mass is 16.5. The van der Waals surface area contributed by atoms with Gasteiger partial charge in [0.2, 0.25) is 0 Å². The van der Waals surface area contributed by atoms with Crippen LogP contribution in [-0.2, 0) is 0 Å². The minimum atomic E-state index is 0.0657. The van der Waals surface area contributed by atoms with Crippen LogP contribution in [0, 0.1) is 0 Å². The molecule has 2 aromatic carbocycles. The molecule has 0 amide bonds. The lowest BCUT2D eigenvalue weighted by Gasteiger charge is -2.31. The number of rotatable bonds is 1. The van der Waals surface area contributed by atoms with Crippen LogP contribution in [0.5, 0.6) is 11.5 Å². The number of piperidine rings is 1. The normalized spacial score (nSPS) is 26.8. The molecule has 132 valence electrons. The van der Waals surface area contributed by atoms with E-state index >= 15 is 0 Å². The maximum absolute atomic E-state index is 9.16. The Morgan fingerprint density at radius 2 is 1.77 bits per heavy atom. The van der Waals surface area contributed by atoms with Crippen LogP contribution < -0.4 is 15.8 Å². The molecule has 5 rings (SSSR count). The molecule has 3 aliphatic heterocycles. The molecule has 0 unspecified atom stereocenters. The third-order valence-electron chi connectivity index (χ3n) is 5.71. The van der Waals surface area contributed by atoms with Gasteiger partial charge in [-0.3, -0.25) is 0 Å². The number of fused-ring (bicyclic) bond motifs is 4. The molecule has 0 radical (unpaired) electrons. The van der Waals surface area contributed by atoms with Crippen LogP contribution in [0.2, 0.25) is 0 Å². The van der Waals surface area contributed by atoms with Crippen molar-refractivity contribution in [2.24, 2.45) is 10.9 Å². The molecule has 2 bridgehead atoms. The van der Waals surface area contributed by atoms with Gasteiger partial charge >= 0.3 is 0 Å². The summed E-state index contributed by atoms with van der Waals surface area (Å²) in [6.07, 6.45) is 4.62. The summed E-state index contributed by atoms with van der Waals surface area (Å²) in [5.74, 6) is 1.57. The van der Waals surface area contributed by atoms with Crippen LogP contribution in [0.25, 0.3) is 5.57 Å². The van der Waals surface area contributed by atoms with Gasteiger partial charge in [0, 0.05) is 23.2 Å². The van der Waals surface area contributed by atoms with Crippen molar-refractivity contribution in [3.63, 3.8) is 0 Å². The van der Waals surface area contributed by atoms with E-state index in [1.165, 1.54) is 24.0 Å². The molecule has 5 nitrogen and oxygen atoms in total. The first-order valence-electron chi connectivity index (χ1n) is 9.11. The van der Waals surface area contributed by atoms with Gasteiger partial charge in [-0.2, -0.15) is 0 Å². The summed E-state index contributed by atoms with van der Waals surface area (Å²) < 4.78 is 6.20. The Morgan fingerprint density at radius 3 is 2.54 bits per heavy atom. The first-order valence-corrected chi connectivity index (χ1v) is 9.11. The molecule has 0 aromatic heterocycles. The minimum absolute atomic E-state index is 0.0657. The maximum atomic E-state index is 9.16. The number of ether oxygens (including phenoxy) is 1. The Bertz CT molecular complexity index is 934. The molecular weight excluding hydrogens is 326 g/mol. The largest absolute Gasteiger partial charge is 0.455 e. The van der Waals surface area contributed by atoms with E-state index in [0.29, 0.717) is 23.4 Å². The second-order valence-corrected chi connectivity index (χ2v) is 7.29. The van der Waals surface area contributed by atoms with E-state index in [-0.39, 0.29) is 5.84 Å². The van der Waals surface area contributed by atoms with E-state index in [1.807, 2.05) is 24.3 Å². The third kappa shape index (κ3) is 2.31. The molecule has 3 heterocycles. The molecule has 2 saturated heterocycles. The number of nitrogens with two attached hydrogens (primary N) is 1. The lowest BCUT2D eigenvalue weighted by Crippen LogP contribution is -2.35. The Kier molecular flexibility index (Phi) is 3.50. The second-order valence-electron chi connectivity index (χ2n) is 7.29. The number of para-hydroxylation sites is 2. The smallest absolute Gasteiger partial charge is 0.173 e. The highest BCUT2D eigenvalue weighted by Gasteiger charge is 2.34. The lowest BCUT2D eigenvalue weighted by atomic mass is 9.84. The summed E-state index contributed by atoms with van der Waals surface area (Å²) >= 11 is 0. The number of oxime groups is 1. The van der Waals surface area contributed by atoms with E-state index in [2.05, 4.69) is 28.7 Å².